The van der Waals surface area contributed by atoms with Crippen molar-refractivity contribution in [2.24, 2.45) is 0 Å². The summed E-state index contributed by atoms with van der Waals surface area (Å²) >= 11 is 5.75. The predicted molar refractivity (Wildman–Crippen MR) is 91.2 cm³/mol. The molecule has 0 saturated carbocycles. The van der Waals surface area contributed by atoms with E-state index in [-0.39, 0.29) is 24.7 Å². The number of hydrogen-bond acceptors (Lipinski definition) is 4. The van der Waals surface area contributed by atoms with Crippen LogP contribution in [0.5, 0.6) is 0 Å². The predicted octanol–water partition coefficient (Wildman–Crippen LogP) is 3.27. The van der Waals surface area contributed by atoms with Gasteiger partial charge in [0.2, 0.25) is 5.91 Å². The Kier molecular flexibility index (Phi) is 6.09. The highest BCUT2D eigenvalue weighted by Crippen LogP contribution is 2.12. The van der Waals surface area contributed by atoms with Gasteiger partial charge in [0.1, 0.15) is 0 Å². The zero-order valence-corrected chi connectivity index (χ0v) is 13.8. The fraction of sp³-hybridized carbons (Fsp3) is 0.167. The average molecular weight is 346 g/mol. The summed E-state index contributed by atoms with van der Waals surface area (Å²) in [4.78, 5) is 34.6. The maximum Gasteiger partial charge on any atom is 0.310 e. The lowest BCUT2D eigenvalue weighted by molar-refractivity contribution is -0.141. The van der Waals surface area contributed by atoms with Gasteiger partial charge in [-0.25, -0.2) is 0 Å². The molecule has 24 heavy (non-hydrogen) atoms. The van der Waals surface area contributed by atoms with Crippen LogP contribution in [-0.2, 0) is 20.7 Å². The van der Waals surface area contributed by atoms with Gasteiger partial charge in [0.25, 0.3) is 0 Å². The minimum Gasteiger partial charge on any atom is -0.457 e. The Morgan fingerprint density at radius 3 is 2.21 bits per heavy atom. The van der Waals surface area contributed by atoms with E-state index in [0.29, 0.717) is 16.3 Å². The molecule has 2 aromatic rings. The number of Topliss-reactive ketones (excluding diaryl/α,β-unsaturated/α-hetero) is 1. The molecule has 0 aliphatic heterocycles. The molecule has 1 amide bonds. The first-order chi connectivity index (χ1) is 11.4. The summed E-state index contributed by atoms with van der Waals surface area (Å²) in [5, 5.41) is 3.17. The first-order valence-corrected chi connectivity index (χ1v) is 7.63. The second-order valence-corrected chi connectivity index (χ2v) is 5.58. The molecule has 0 spiro atoms. The second-order valence-electron chi connectivity index (χ2n) is 5.15. The van der Waals surface area contributed by atoms with Gasteiger partial charge in [0.05, 0.1) is 6.42 Å². The lowest BCUT2D eigenvalue weighted by Crippen LogP contribution is -2.15. The Labute approximate surface area is 144 Å². The molecule has 0 atom stereocenters. The van der Waals surface area contributed by atoms with Gasteiger partial charge in [0.15, 0.2) is 12.4 Å². The van der Waals surface area contributed by atoms with Gasteiger partial charge in [-0.3, -0.25) is 14.4 Å². The van der Waals surface area contributed by atoms with E-state index in [2.05, 4.69) is 5.32 Å². The summed E-state index contributed by atoms with van der Waals surface area (Å²) in [5.74, 6) is -0.950. The van der Waals surface area contributed by atoms with Crippen molar-refractivity contribution in [1.29, 1.82) is 0 Å². The molecule has 0 aromatic heterocycles. The number of carbonyl (C=O) groups is 3. The van der Waals surface area contributed by atoms with Gasteiger partial charge in [-0.2, -0.15) is 0 Å². The van der Waals surface area contributed by atoms with E-state index in [4.69, 9.17) is 16.3 Å². The first kappa shape index (κ1) is 17.7. The molecule has 5 nitrogen and oxygen atoms in total. The monoisotopic (exact) mass is 345 g/mol. The number of halogens is 1. The highest BCUT2D eigenvalue weighted by molar-refractivity contribution is 6.30. The van der Waals surface area contributed by atoms with Crippen LogP contribution in [0.4, 0.5) is 5.69 Å². The van der Waals surface area contributed by atoms with Crippen LogP contribution >= 0.6 is 11.6 Å². The number of hydrogen-bond donors (Lipinski definition) is 1. The van der Waals surface area contributed by atoms with Crippen molar-refractivity contribution in [2.75, 3.05) is 11.9 Å². The number of ether oxygens (including phenoxy) is 1. The van der Waals surface area contributed by atoms with Gasteiger partial charge < -0.3 is 10.1 Å². The maximum atomic E-state index is 11.9. The zero-order valence-electron chi connectivity index (χ0n) is 13.0. The fourth-order valence-electron chi connectivity index (χ4n) is 1.99. The SMILES string of the molecule is CC(=O)Nc1ccc(CC(=O)OCC(=O)c2ccc(Cl)cc2)cc1. The molecule has 0 saturated heterocycles. The van der Waals surface area contributed by atoms with E-state index in [1.165, 1.54) is 6.92 Å². The molecule has 0 aliphatic carbocycles. The Morgan fingerprint density at radius 1 is 1.00 bits per heavy atom. The third-order valence-electron chi connectivity index (χ3n) is 3.15. The molecular formula is C18H16ClNO4. The van der Waals surface area contributed by atoms with E-state index in [1.54, 1.807) is 48.5 Å². The quantitative estimate of drug-likeness (QED) is 0.644. The number of carbonyl (C=O) groups excluding carboxylic acids is 3. The molecule has 2 rings (SSSR count). The Bertz CT molecular complexity index is 739. The molecule has 124 valence electrons. The molecule has 0 unspecified atom stereocenters. The number of esters is 1. The van der Waals surface area contributed by atoms with Crippen molar-refractivity contribution in [3.63, 3.8) is 0 Å². The van der Waals surface area contributed by atoms with Crippen molar-refractivity contribution in [3.8, 4) is 0 Å². The smallest absolute Gasteiger partial charge is 0.310 e. The van der Waals surface area contributed by atoms with Crippen LogP contribution in [0.3, 0.4) is 0 Å². The van der Waals surface area contributed by atoms with Gasteiger partial charge >= 0.3 is 5.97 Å². The molecular weight excluding hydrogens is 330 g/mol. The van der Waals surface area contributed by atoms with E-state index in [0.717, 1.165) is 5.56 Å². The minimum absolute atomic E-state index is 0.0499. The molecule has 0 aliphatic rings. The standard InChI is InChI=1S/C18H16ClNO4/c1-12(21)20-16-8-2-13(3-9-16)10-18(23)24-11-17(22)14-4-6-15(19)7-5-14/h2-9H,10-11H2,1H3,(H,20,21). The molecule has 0 bridgehead atoms. The fourth-order valence-corrected chi connectivity index (χ4v) is 2.12. The number of benzene rings is 2. The summed E-state index contributed by atoms with van der Waals surface area (Å²) in [6.07, 6.45) is 0.0499. The Hall–Kier alpha value is -2.66. The maximum absolute atomic E-state index is 11.9. The number of anilines is 1. The van der Waals surface area contributed by atoms with Crippen molar-refractivity contribution in [1.82, 2.24) is 0 Å². The summed E-state index contributed by atoms with van der Waals surface area (Å²) < 4.78 is 5.00. The number of nitrogens with one attached hydrogen (secondary N) is 1. The van der Waals surface area contributed by atoms with Crippen LogP contribution in [0.15, 0.2) is 48.5 Å². The molecule has 2 aromatic carbocycles. The Balaban J connectivity index is 1.83. The van der Waals surface area contributed by atoms with E-state index >= 15 is 0 Å². The number of ketones is 1. The zero-order chi connectivity index (χ0) is 17.5. The summed E-state index contributed by atoms with van der Waals surface area (Å²) in [6.45, 7) is 1.10. The van der Waals surface area contributed by atoms with Gasteiger partial charge in [-0.05, 0) is 42.0 Å². The van der Waals surface area contributed by atoms with Gasteiger partial charge in [-0.1, -0.05) is 23.7 Å². The largest absolute Gasteiger partial charge is 0.457 e. The van der Waals surface area contributed by atoms with Crippen LogP contribution in [0.25, 0.3) is 0 Å². The summed E-state index contributed by atoms with van der Waals surface area (Å²) in [6, 6.07) is 13.2. The highest BCUT2D eigenvalue weighted by Gasteiger charge is 2.10. The van der Waals surface area contributed by atoms with Crippen LogP contribution in [-0.4, -0.2) is 24.3 Å². The summed E-state index contributed by atoms with van der Waals surface area (Å²) in [7, 11) is 0. The van der Waals surface area contributed by atoms with Crippen molar-refractivity contribution in [2.45, 2.75) is 13.3 Å². The van der Waals surface area contributed by atoms with Crippen LogP contribution in [0.2, 0.25) is 5.02 Å². The average Bonchev–Trinajstić information content (AvgIpc) is 2.54. The molecule has 0 fully saturated rings. The Morgan fingerprint density at radius 2 is 1.62 bits per heavy atom. The molecule has 1 N–H and O–H groups in total. The lowest BCUT2D eigenvalue weighted by atomic mass is 10.1. The third-order valence-corrected chi connectivity index (χ3v) is 3.41. The van der Waals surface area contributed by atoms with Crippen molar-refractivity contribution in [3.05, 3.63) is 64.7 Å². The van der Waals surface area contributed by atoms with Gasteiger partial charge in [0, 0.05) is 23.2 Å². The first-order valence-electron chi connectivity index (χ1n) is 7.25. The topological polar surface area (TPSA) is 72.5 Å². The van der Waals surface area contributed by atoms with E-state index < -0.39 is 5.97 Å². The van der Waals surface area contributed by atoms with Crippen LogP contribution < -0.4 is 5.32 Å². The normalized spacial score (nSPS) is 10.1. The van der Waals surface area contributed by atoms with Gasteiger partial charge in [-0.15, -0.1) is 0 Å². The second kappa shape index (κ2) is 8.26. The van der Waals surface area contributed by atoms with Crippen LogP contribution in [0, 0.1) is 0 Å². The number of rotatable bonds is 6. The molecule has 0 radical (unpaired) electrons. The van der Waals surface area contributed by atoms with Crippen LogP contribution in [0.1, 0.15) is 22.8 Å². The van der Waals surface area contributed by atoms with E-state index in [1.807, 2.05) is 0 Å². The third kappa shape index (κ3) is 5.52. The van der Waals surface area contributed by atoms with Crippen molar-refractivity contribution >= 4 is 34.9 Å². The van der Waals surface area contributed by atoms with Crippen molar-refractivity contribution < 1.29 is 19.1 Å². The molecule has 0 heterocycles. The minimum atomic E-state index is -0.496. The highest BCUT2D eigenvalue weighted by atomic mass is 35.5. The number of amides is 1. The lowest BCUT2D eigenvalue weighted by Gasteiger charge is -2.06. The summed E-state index contributed by atoms with van der Waals surface area (Å²) in [5.41, 5.74) is 1.82. The molecule has 6 heteroatoms. The van der Waals surface area contributed by atoms with E-state index in [9.17, 15) is 14.4 Å².